The van der Waals surface area contributed by atoms with E-state index in [9.17, 15) is 14.7 Å². The van der Waals surface area contributed by atoms with Crippen LogP contribution in [0.2, 0.25) is 0 Å². The minimum atomic E-state index is -1.11. The van der Waals surface area contributed by atoms with E-state index in [2.05, 4.69) is 13.8 Å². The van der Waals surface area contributed by atoms with Crippen molar-refractivity contribution < 1.29 is 19.4 Å². The SMILES string of the molecule is CC(C)Sc1ccc2c(n1)Oc1nc(-c3ccc(C(=O)N(C)C)cc3)ccc1C2C(C)(C)C(=O)O. The lowest BCUT2D eigenvalue weighted by Crippen LogP contribution is -2.34. The fraction of sp³-hybridized carbons (Fsp3) is 0.333. The largest absolute Gasteiger partial charge is 0.481 e. The second kappa shape index (κ2) is 9.34. The lowest BCUT2D eigenvalue weighted by Gasteiger charge is -2.35. The maximum Gasteiger partial charge on any atom is 0.310 e. The minimum absolute atomic E-state index is 0.0743. The fourth-order valence-corrected chi connectivity index (χ4v) is 4.92. The van der Waals surface area contributed by atoms with Crippen molar-refractivity contribution in [1.29, 1.82) is 0 Å². The van der Waals surface area contributed by atoms with Crippen molar-refractivity contribution in [2.24, 2.45) is 5.41 Å². The van der Waals surface area contributed by atoms with Crippen molar-refractivity contribution in [3.63, 3.8) is 0 Å². The summed E-state index contributed by atoms with van der Waals surface area (Å²) in [6.07, 6.45) is 0. The van der Waals surface area contributed by atoms with Gasteiger partial charge in [0.2, 0.25) is 11.8 Å². The smallest absolute Gasteiger partial charge is 0.310 e. The molecular weight excluding hydrogens is 462 g/mol. The van der Waals surface area contributed by atoms with E-state index in [4.69, 9.17) is 14.7 Å². The lowest BCUT2D eigenvalue weighted by atomic mass is 9.71. The van der Waals surface area contributed by atoms with Gasteiger partial charge in [0.25, 0.3) is 5.91 Å². The van der Waals surface area contributed by atoms with Crippen LogP contribution in [0.3, 0.4) is 0 Å². The van der Waals surface area contributed by atoms with Crippen LogP contribution >= 0.6 is 11.8 Å². The van der Waals surface area contributed by atoms with E-state index in [1.54, 1.807) is 51.8 Å². The van der Waals surface area contributed by atoms with Crippen LogP contribution in [-0.2, 0) is 4.79 Å². The highest BCUT2D eigenvalue weighted by Crippen LogP contribution is 2.51. The highest BCUT2D eigenvalue weighted by molar-refractivity contribution is 7.99. The number of pyridine rings is 2. The van der Waals surface area contributed by atoms with Crippen LogP contribution in [0.15, 0.2) is 53.6 Å². The molecule has 1 N–H and O–H groups in total. The van der Waals surface area contributed by atoms with E-state index in [0.717, 1.165) is 16.2 Å². The Kier molecular flexibility index (Phi) is 6.60. The molecule has 2 aromatic heterocycles. The van der Waals surface area contributed by atoms with Gasteiger partial charge in [-0.2, -0.15) is 0 Å². The van der Waals surface area contributed by atoms with E-state index in [-0.39, 0.29) is 5.91 Å². The van der Waals surface area contributed by atoms with Gasteiger partial charge < -0.3 is 14.7 Å². The van der Waals surface area contributed by atoms with Crippen LogP contribution < -0.4 is 4.74 Å². The minimum Gasteiger partial charge on any atom is -0.481 e. The summed E-state index contributed by atoms with van der Waals surface area (Å²) >= 11 is 1.61. The molecule has 0 aliphatic carbocycles. The van der Waals surface area contributed by atoms with Gasteiger partial charge in [-0.1, -0.05) is 38.1 Å². The summed E-state index contributed by atoms with van der Waals surface area (Å²) < 4.78 is 6.17. The van der Waals surface area contributed by atoms with E-state index in [1.165, 1.54) is 4.90 Å². The average Bonchev–Trinajstić information content (AvgIpc) is 2.81. The van der Waals surface area contributed by atoms with Gasteiger partial charge in [0.15, 0.2) is 0 Å². The maximum absolute atomic E-state index is 12.3. The van der Waals surface area contributed by atoms with E-state index in [1.807, 2.05) is 36.4 Å². The Balaban J connectivity index is 1.78. The Morgan fingerprint density at radius 2 is 1.57 bits per heavy atom. The molecule has 1 atom stereocenters. The number of carbonyl (C=O) groups is 2. The summed E-state index contributed by atoms with van der Waals surface area (Å²) in [6.45, 7) is 7.60. The molecule has 0 saturated carbocycles. The standard InChI is InChI=1S/C27H29N3O4S/c1-15(2)35-21-14-12-19-22(27(3,4)26(32)33)18-11-13-20(28-23(18)34-24(19)29-21)16-7-9-17(10-8-16)25(31)30(5)6/h7-15,22H,1-6H3,(H,32,33). The number of carbonyl (C=O) groups excluding carboxylic acids is 1. The van der Waals surface area contributed by atoms with Crippen molar-refractivity contribution in [1.82, 2.24) is 14.9 Å². The van der Waals surface area contributed by atoms with Gasteiger partial charge in [0.05, 0.1) is 11.1 Å². The first-order valence-electron chi connectivity index (χ1n) is 11.4. The van der Waals surface area contributed by atoms with Gasteiger partial charge in [-0.15, -0.1) is 11.8 Å². The summed E-state index contributed by atoms with van der Waals surface area (Å²) in [7, 11) is 3.43. The van der Waals surface area contributed by atoms with Gasteiger partial charge in [0.1, 0.15) is 5.03 Å². The zero-order valence-corrected chi connectivity index (χ0v) is 21.5. The first-order valence-corrected chi connectivity index (χ1v) is 12.3. The van der Waals surface area contributed by atoms with Crippen LogP contribution in [0.1, 0.15) is 55.1 Å². The zero-order chi connectivity index (χ0) is 25.5. The lowest BCUT2D eigenvalue weighted by molar-refractivity contribution is -0.147. The molecule has 0 bridgehead atoms. The zero-order valence-electron chi connectivity index (χ0n) is 20.7. The van der Waals surface area contributed by atoms with Crippen molar-refractivity contribution in [3.05, 3.63) is 65.2 Å². The number of hydrogen-bond donors (Lipinski definition) is 1. The average molecular weight is 492 g/mol. The van der Waals surface area contributed by atoms with Crippen LogP contribution in [-0.4, -0.2) is 51.2 Å². The van der Waals surface area contributed by atoms with E-state index < -0.39 is 17.3 Å². The molecule has 0 spiro atoms. The number of benzene rings is 1. The number of hydrogen-bond acceptors (Lipinski definition) is 6. The quantitative estimate of drug-likeness (QED) is 0.443. The molecule has 3 heterocycles. The number of carboxylic acid groups (broad SMARTS) is 1. The van der Waals surface area contributed by atoms with E-state index >= 15 is 0 Å². The molecular formula is C27H29N3O4S. The van der Waals surface area contributed by atoms with Gasteiger partial charge in [-0.3, -0.25) is 9.59 Å². The molecule has 0 radical (unpaired) electrons. The molecule has 8 heteroatoms. The molecule has 1 amide bonds. The number of thioether (sulfide) groups is 1. The molecule has 4 rings (SSSR count). The van der Waals surface area contributed by atoms with Gasteiger partial charge >= 0.3 is 5.97 Å². The Bertz CT molecular complexity index is 1290. The summed E-state index contributed by atoms with van der Waals surface area (Å²) in [5.74, 6) is -0.728. The maximum atomic E-state index is 12.3. The molecule has 1 aromatic carbocycles. The number of ether oxygens (including phenoxy) is 1. The van der Waals surface area contributed by atoms with Crippen LogP contribution in [0.4, 0.5) is 0 Å². The topological polar surface area (TPSA) is 92.6 Å². The Labute approximate surface area is 209 Å². The van der Waals surface area contributed by atoms with Crippen molar-refractivity contribution >= 4 is 23.6 Å². The second-order valence-electron chi connectivity index (χ2n) is 9.64. The number of carboxylic acids is 1. The summed E-state index contributed by atoms with van der Waals surface area (Å²) in [6, 6.07) is 14.8. The predicted octanol–water partition coefficient (Wildman–Crippen LogP) is 5.69. The van der Waals surface area contributed by atoms with Crippen molar-refractivity contribution in [2.45, 2.75) is 43.9 Å². The summed E-state index contributed by atoms with van der Waals surface area (Å²) in [4.78, 5) is 35.4. The normalized spacial score (nSPS) is 14.7. The third-order valence-corrected chi connectivity index (χ3v) is 6.97. The highest BCUT2D eigenvalue weighted by atomic mass is 32.2. The van der Waals surface area contributed by atoms with Crippen LogP contribution in [0.25, 0.3) is 11.3 Å². The Hall–Kier alpha value is -3.39. The Morgan fingerprint density at radius 1 is 0.971 bits per heavy atom. The monoisotopic (exact) mass is 491 g/mol. The van der Waals surface area contributed by atoms with Gasteiger partial charge in [-0.25, -0.2) is 9.97 Å². The van der Waals surface area contributed by atoms with E-state index in [0.29, 0.717) is 33.8 Å². The van der Waals surface area contributed by atoms with Gasteiger partial charge in [0, 0.05) is 47.5 Å². The van der Waals surface area contributed by atoms with Crippen molar-refractivity contribution in [3.8, 4) is 23.0 Å². The molecule has 1 unspecified atom stereocenters. The Morgan fingerprint density at radius 3 is 2.14 bits per heavy atom. The highest BCUT2D eigenvalue weighted by Gasteiger charge is 2.44. The second-order valence-corrected chi connectivity index (χ2v) is 11.2. The molecule has 1 aliphatic rings. The number of rotatable bonds is 6. The molecule has 0 fully saturated rings. The first kappa shape index (κ1) is 24.7. The number of aromatic nitrogens is 2. The molecule has 35 heavy (non-hydrogen) atoms. The fourth-order valence-electron chi connectivity index (χ4n) is 4.16. The molecule has 0 saturated heterocycles. The summed E-state index contributed by atoms with van der Waals surface area (Å²) in [5, 5.41) is 11.2. The van der Waals surface area contributed by atoms with Crippen molar-refractivity contribution in [2.75, 3.05) is 14.1 Å². The number of nitrogens with zero attached hydrogens (tertiary/aromatic N) is 3. The number of amides is 1. The molecule has 3 aromatic rings. The van der Waals surface area contributed by atoms with Crippen LogP contribution in [0, 0.1) is 5.41 Å². The molecule has 182 valence electrons. The van der Waals surface area contributed by atoms with Gasteiger partial charge in [-0.05, 0) is 38.1 Å². The third-order valence-electron chi connectivity index (χ3n) is 6.03. The third kappa shape index (κ3) is 4.75. The first-order chi connectivity index (χ1) is 16.5. The predicted molar refractivity (Wildman–Crippen MR) is 136 cm³/mol. The number of fused-ring (bicyclic) bond motifs is 2. The molecule has 1 aliphatic heterocycles. The van der Waals surface area contributed by atoms with Crippen LogP contribution in [0.5, 0.6) is 11.8 Å². The molecule has 7 nitrogen and oxygen atoms in total. The summed E-state index contributed by atoms with van der Waals surface area (Å²) in [5.41, 5.74) is 2.40. The number of aliphatic carboxylic acids is 1.